The fraction of sp³-hybridized carbons (Fsp3) is 0.486. The molecule has 13 nitrogen and oxygen atoms in total. The molecule has 2 aromatic carbocycles. The Bertz CT molecular complexity index is 1710. The number of esters is 2. The second-order valence-electron chi connectivity index (χ2n) is 13.3. The zero-order valence-corrected chi connectivity index (χ0v) is 27.2. The van der Waals surface area contributed by atoms with E-state index in [0.717, 1.165) is 17.2 Å². The van der Waals surface area contributed by atoms with Crippen molar-refractivity contribution in [1.82, 2.24) is 15.7 Å². The number of hydrogen-bond donors (Lipinski definition) is 3. The molecule has 2 amide bonds. The summed E-state index contributed by atoms with van der Waals surface area (Å²) >= 11 is 0. The Morgan fingerprint density at radius 1 is 1.02 bits per heavy atom. The van der Waals surface area contributed by atoms with Crippen molar-refractivity contribution in [3.05, 3.63) is 76.9 Å². The van der Waals surface area contributed by atoms with Crippen molar-refractivity contribution in [1.29, 1.82) is 0 Å². The number of rotatable bonds is 11. The smallest absolute Gasteiger partial charge is 0.422 e. The normalized spacial score (nSPS) is 28.7. The summed E-state index contributed by atoms with van der Waals surface area (Å²) in [5.41, 5.74) is 1.70. The lowest BCUT2D eigenvalue weighted by Crippen LogP contribution is -2.69. The maximum Gasteiger partial charge on any atom is 0.422 e. The van der Waals surface area contributed by atoms with Crippen molar-refractivity contribution in [2.75, 3.05) is 26.3 Å². The molecular formula is C35H36F3N3O10. The van der Waals surface area contributed by atoms with Crippen LogP contribution in [0.5, 0.6) is 0 Å². The zero-order chi connectivity index (χ0) is 36.0. The van der Waals surface area contributed by atoms with Crippen LogP contribution < -0.4 is 10.6 Å². The SMILES string of the molecule is O=C(CCNC(=O)[C@@]12C[C@H]3OC(=O)[C@@H]1N(Cc1cccc(C=CC(=O)OCC(F)(F)F)c1)O[C@@H]2[C@H]1OC2(Cc4ccccc4C2)O[C@H]13)NCCO. The first-order valence-corrected chi connectivity index (χ1v) is 16.6. The third kappa shape index (κ3) is 6.85. The van der Waals surface area contributed by atoms with Gasteiger partial charge in [-0.1, -0.05) is 48.5 Å². The summed E-state index contributed by atoms with van der Waals surface area (Å²) in [4.78, 5) is 58.7. The monoisotopic (exact) mass is 715 g/mol. The predicted molar refractivity (Wildman–Crippen MR) is 168 cm³/mol. The number of halogens is 3. The zero-order valence-electron chi connectivity index (χ0n) is 27.2. The number of hydrogen-bond acceptors (Lipinski definition) is 11. The lowest BCUT2D eigenvalue weighted by molar-refractivity contribution is -0.217. The van der Waals surface area contributed by atoms with Gasteiger partial charge in [0.15, 0.2) is 18.4 Å². The van der Waals surface area contributed by atoms with Crippen molar-refractivity contribution in [2.24, 2.45) is 5.41 Å². The number of aliphatic hydroxyl groups excluding tert-OH is 1. The molecule has 5 aliphatic rings. The molecule has 2 bridgehead atoms. The van der Waals surface area contributed by atoms with E-state index in [0.29, 0.717) is 24.0 Å². The summed E-state index contributed by atoms with van der Waals surface area (Å²) in [6.45, 7) is -1.93. The first-order chi connectivity index (χ1) is 24.4. The molecule has 3 saturated heterocycles. The van der Waals surface area contributed by atoms with Crippen LogP contribution in [0, 0.1) is 5.41 Å². The third-order valence-corrected chi connectivity index (χ3v) is 9.86. The van der Waals surface area contributed by atoms with Gasteiger partial charge in [0, 0.05) is 44.8 Å². The van der Waals surface area contributed by atoms with E-state index >= 15 is 0 Å². The summed E-state index contributed by atoms with van der Waals surface area (Å²) < 4.78 is 60.8. The molecule has 1 saturated carbocycles. The maximum absolute atomic E-state index is 14.3. The van der Waals surface area contributed by atoms with Gasteiger partial charge >= 0.3 is 18.1 Å². The van der Waals surface area contributed by atoms with Gasteiger partial charge in [0.05, 0.1) is 13.2 Å². The van der Waals surface area contributed by atoms with Gasteiger partial charge in [0.2, 0.25) is 11.8 Å². The summed E-state index contributed by atoms with van der Waals surface area (Å²) in [5.74, 6) is -3.78. The van der Waals surface area contributed by atoms with E-state index in [4.69, 9.17) is 24.2 Å². The van der Waals surface area contributed by atoms with Gasteiger partial charge in [0.1, 0.15) is 29.8 Å². The standard InChI is InChI=1S/C35H36F3N3O10/c36-35(37,38)19-47-26(44)9-8-20-4-3-5-21(14-20)18-41-29-31(45)48-24-17-34(29,32(46)40-11-10-25(43)39-12-13-42)30(51-41)28-27(24)49-33(50-28)15-22-6-1-2-7-23(22)16-33/h1-9,14,24,27-30,42H,10-13,15-19H2,(H,39,43)(H,40,46)/t24-,27+,28+,29+,30-,34+/m1/s1. The average Bonchev–Trinajstić information content (AvgIpc) is 3.76. The van der Waals surface area contributed by atoms with E-state index in [1.54, 1.807) is 24.3 Å². The number of amides is 2. The molecule has 3 N–H and O–H groups in total. The van der Waals surface area contributed by atoms with Crippen molar-refractivity contribution >= 4 is 29.8 Å². The molecular weight excluding hydrogens is 679 g/mol. The number of nitrogens with zero attached hydrogens (tertiary/aromatic N) is 1. The van der Waals surface area contributed by atoms with Crippen LogP contribution >= 0.6 is 0 Å². The highest BCUT2D eigenvalue weighted by atomic mass is 19.4. The molecule has 0 unspecified atom stereocenters. The van der Waals surface area contributed by atoms with Crippen molar-refractivity contribution in [3.63, 3.8) is 0 Å². The first kappa shape index (κ1) is 35.1. The minimum absolute atomic E-state index is 0.0193. The van der Waals surface area contributed by atoms with Crippen LogP contribution in [0.3, 0.4) is 0 Å². The number of aliphatic hydroxyl groups is 1. The minimum Gasteiger partial charge on any atom is -0.458 e. The molecule has 2 aromatic rings. The van der Waals surface area contributed by atoms with Gasteiger partial charge in [-0.05, 0) is 28.3 Å². The van der Waals surface area contributed by atoms with E-state index in [1.807, 2.05) is 24.3 Å². The Morgan fingerprint density at radius 3 is 2.49 bits per heavy atom. The van der Waals surface area contributed by atoms with Crippen molar-refractivity contribution < 1.29 is 61.2 Å². The largest absolute Gasteiger partial charge is 0.458 e. The van der Waals surface area contributed by atoms with Gasteiger partial charge in [-0.2, -0.15) is 18.2 Å². The molecule has 3 aliphatic heterocycles. The molecule has 51 heavy (non-hydrogen) atoms. The van der Waals surface area contributed by atoms with Crippen LogP contribution in [0.4, 0.5) is 13.2 Å². The number of carbonyl (C=O) groups is 4. The number of nitrogens with one attached hydrogen (secondary N) is 2. The van der Waals surface area contributed by atoms with Crippen LogP contribution in [0.1, 0.15) is 35.1 Å². The van der Waals surface area contributed by atoms with Crippen LogP contribution in [0.2, 0.25) is 0 Å². The molecule has 7 rings (SSSR count). The van der Waals surface area contributed by atoms with Crippen LogP contribution in [0.25, 0.3) is 6.08 Å². The second kappa shape index (κ2) is 13.7. The highest BCUT2D eigenvalue weighted by Crippen LogP contribution is 2.58. The first-order valence-electron chi connectivity index (χ1n) is 16.6. The number of carbonyl (C=O) groups excluding carboxylic acids is 4. The summed E-state index contributed by atoms with van der Waals surface area (Å²) in [6, 6.07) is 13.3. The predicted octanol–water partition coefficient (Wildman–Crippen LogP) is 1.50. The Morgan fingerprint density at radius 2 is 1.76 bits per heavy atom. The lowest BCUT2D eigenvalue weighted by Gasteiger charge is -2.48. The second-order valence-corrected chi connectivity index (χ2v) is 13.3. The van der Waals surface area contributed by atoms with Crippen LogP contribution in [0.15, 0.2) is 54.6 Å². The summed E-state index contributed by atoms with van der Waals surface area (Å²) in [5, 5.41) is 15.8. The molecule has 0 aromatic heterocycles. The number of hydroxylamine groups is 2. The molecule has 2 aliphatic carbocycles. The molecule has 4 fully saturated rings. The van der Waals surface area contributed by atoms with Gasteiger partial charge in [0.25, 0.3) is 0 Å². The Balaban J connectivity index is 1.14. The highest BCUT2D eigenvalue weighted by molar-refractivity contribution is 5.94. The Kier molecular flexibility index (Phi) is 9.39. The lowest BCUT2D eigenvalue weighted by atomic mass is 9.62. The van der Waals surface area contributed by atoms with Crippen molar-refractivity contribution in [2.45, 2.75) is 74.6 Å². The van der Waals surface area contributed by atoms with Crippen LogP contribution in [-0.2, 0) is 62.3 Å². The molecule has 0 radical (unpaired) electrons. The number of ether oxygens (including phenoxy) is 4. The van der Waals surface area contributed by atoms with Gasteiger partial charge < -0.3 is 34.7 Å². The fourth-order valence-corrected chi connectivity index (χ4v) is 7.84. The quantitative estimate of drug-likeness (QED) is 0.229. The van der Waals surface area contributed by atoms with E-state index in [9.17, 15) is 32.3 Å². The number of fused-ring (bicyclic) bond motifs is 5. The molecule has 16 heteroatoms. The Labute approximate surface area is 289 Å². The molecule has 1 spiro atoms. The average molecular weight is 716 g/mol. The minimum atomic E-state index is -4.65. The Hall–Kier alpha value is -4.35. The summed E-state index contributed by atoms with van der Waals surface area (Å²) in [7, 11) is 0. The van der Waals surface area contributed by atoms with Gasteiger partial charge in [-0.25, -0.2) is 4.79 Å². The summed E-state index contributed by atoms with van der Waals surface area (Å²) in [6.07, 6.45) is -4.85. The molecule has 3 heterocycles. The van der Waals surface area contributed by atoms with Gasteiger partial charge in [-0.3, -0.25) is 19.2 Å². The number of benzene rings is 2. The maximum atomic E-state index is 14.3. The van der Waals surface area contributed by atoms with Crippen molar-refractivity contribution in [3.8, 4) is 0 Å². The van der Waals surface area contributed by atoms with E-state index in [2.05, 4.69) is 15.4 Å². The van der Waals surface area contributed by atoms with E-state index in [1.165, 1.54) is 11.1 Å². The highest BCUT2D eigenvalue weighted by Gasteiger charge is 2.76. The third-order valence-electron chi connectivity index (χ3n) is 9.86. The molecule has 272 valence electrons. The van der Waals surface area contributed by atoms with Crippen LogP contribution in [-0.4, -0.2) is 103 Å². The topological polar surface area (TPSA) is 162 Å². The van der Waals surface area contributed by atoms with E-state index in [-0.39, 0.29) is 45.0 Å². The van der Waals surface area contributed by atoms with E-state index < -0.39 is 72.3 Å². The fourth-order valence-electron chi connectivity index (χ4n) is 7.84. The van der Waals surface area contributed by atoms with Gasteiger partial charge in [-0.15, -0.1) is 0 Å². The molecule has 6 atom stereocenters. The number of alkyl halides is 3.